The fraction of sp³-hybridized carbons (Fsp3) is 0.0857. The Hall–Kier alpha value is -4.36. The third kappa shape index (κ3) is 2.90. The highest BCUT2D eigenvalue weighted by Crippen LogP contribution is 2.51. The van der Waals surface area contributed by atoms with Crippen molar-refractivity contribution in [1.29, 1.82) is 0 Å². The van der Waals surface area contributed by atoms with Gasteiger partial charge in [0.15, 0.2) is 0 Å². The Bertz CT molecular complexity index is 1750. The zero-order valence-electron chi connectivity index (χ0n) is 20.4. The van der Waals surface area contributed by atoms with Crippen molar-refractivity contribution in [3.05, 3.63) is 126 Å². The minimum absolute atomic E-state index is 0.0421. The summed E-state index contributed by atoms with van der Waals surface area (Å²) in [5.74, 6) is 0.283. The highest BCUT2D eigenvalue weighted by molar-refractivity contribution is 6.21. The molecule has 36 heavy (non-hydrogen) atoms. The quantitative estimate of drug-likeness (QED) is 0.254. The number of aromatic hydroxyl groups is 1. The van der Waals surface area contributed by atoms with Gasteiger partial charge >= 0.3 is 0 Å². The third-order valence-electron chi connectivity index (χ3n) is 7.96. The van der Waals surface area contributed by atoms with Crippen molar-refractivity contribution in [2.75, 3.05) is 0 Å². The maximum absolute atomic E-state index is 9.91. The first-order valence-electron chi connectivity index (χ1n) is 12.5. The van der Waals surface area contributed by atoms with Gasteiger partial charge in [0.25, 0.3) is 0 Å². The lowest BCUT2D eigenvalue weighted by Gasteiger charge is -2.23. The maximum atomic E-state index is 9.91. The van der Waals surface area contributed by atoms with Crippen LogP contribution in [0.4, 0.5) is 0 Å². The molecule has 1 nitrogen and oxygen atoms in total. The number of hydrogen-bond acceptors (Lipinski definition) is 1. The lowest BCUT2D eigenvalue weighted by Crippen LogP contribution is -2.14. The highest BCUT2D eigenvalue weighted by Gasteiger charge is 2.35. The van der Waals surface area contributed by atoms with Crippen molar-refractivity contribution in [3.63, 3.8) is 0 Å². The van der Waals surface area contributed by atoms with Crippen LogP contribution in [0.5, 0.6) is 5.75 Å². The van der Waals surface area contributed by atoms with E-state index in [1.165, 1.54) is 60.5 Å². The molecule has 0 atom stereocenters. The number of fused-ring (bicyclic) bond motifs is 5. The van der Waals surface area contributed by atoms with Crippen molar-refractivity contribution in [2.24, 2.45) is 0 Å². The van der Waals surface area contributed by atoms with Gasteiger partial charge in [-0.1, -0.05) is 111 Å². The summed E-state index contributed by atoms with van der Waals surface area (Å²) in [6.45, 7) is 4.68. The Morgan fingerprint density at radius 2 is 0.944 bits per heavy atom. The molecule has 0 bridgehead atoms. The van der Waals surface area contributed by atoms with E-state index in [4.69, 9.17) is 0 Å². The first-order valence-corrected chi connectivity index (χ1v) is 12.5. The largest absolute Gasteiger partial charge is 0.508 e. The zero-order valence-corrected chi connectivity index (χ0v) is 20.4. The molecule has 0 radical (unpaired) electrons. The number of phenolic OH excluding ortho intramolecular Hbond substituents is 1. The van der Waals surface area contributed by atoms with Crippen molar-refractivity contribution >= 4 is 21.5 Å². The number of benzene rings is 6. The molecule has 0 amide bonds. The molecule has 0 fully saturated rings. The Morgan fingerprint density at radius 1 is 0.472 bits per heavy atom. The molecule has 1 aliphatic rings. The minimum Gasteiger partial charge on any atom is -0.508 e. The molecule has 7 rings (SSSR count). The van der Waals surface area contributed by atoms with Crippen molar-refractivity contribution in [3.8, 4) is 39.1 Å². The van der Waals surface area contributed by atoms with Crippen molar-refractivity contribution in [1.82, 2.24) is 0 Å². The summed E-state index contributed by atoms with van der Waals surface area (Å²) in [5, 5.41) is 14.8. The molecule has 1 aliphatic carbocycles. The van der Waals surface area contributed by atoms with Gasteiger partial charge in [0.05, 0.1) is 0 Å². The topological polar surface area (TPSA) is 20.2 Å². The second-order valence-corrected chi connectivity index (χ2v) is 10.3. The first kappa shape index (κ1) is 21.0. The van der Waals surface area contributed by atoms with Crippen LogP contribution in [0.15, 0.2) is 115 Å². The van der Waals surface area contributed by atoms with Crippen molar-refractivity contribution in [2.45, 2.75) is 19.3 Å². The standard InChI is InChI=1S/C35H26O/c1-35(2)31-14-8-7-9-25(31)26-20-17-23(21-32(26)35)34-29-12-5-3-10-27(29)33(22-15-18-24(36)19-16-22)28-11-4-6-13-30(28)34/h3-21,36H,1-2H3. The molecular formula is C35H26O. The van der Waals surface area contributed by atoms with Gasteiger partial charge in [-0.15, -0.1) is 0 Å². The molecule has 0 aliphatic heterocycles. The fourth-order valence-electron chi connectivity index (χ4n) is 6.24. The summed E-state index contributed by atoms with van der Waals surface area (Å²) in [7, 11) is 0. The van der Waals surface area contributed by atoms with Gasteiger partial charge in [0, 0.05) is 5.41 Å². The summed E-state index contributed by atoms with van der Waals surface area (Å²) in [4.78, 5) is 0. The van der Waals surface area contributed by atoms with E-state index < -0.39 is 0 Å². The fourth-order valence-corrected chi connectivity index (χ4v) is 6.24. The molecule has 172 valence electrons. The average Bonchev–Trinajstić information content (AvgIpc) is 3.14. The van der Waals surface area contributed by atoms with E-state index in [1.54, 1.807) is 12.1 Å². The lowest BCUT2D eigenvalue weighted by atomic mass is 9.80. The van der Waals surface area contributed by atoms with Crippen LogP contribution in [0.2, 0.25) is 0 Å². The van der Waals surface area contributed by atoms with E-state index in [0.717, 1.165) is 5.56 Å². The van der Waals surface area contributed by atoms with Gasteiger partial charge in [-0.3, -0.25) is 0 Å². The smallest absolute Gasteiger partial charge is 0.115 e. The van der Waals surface area contributed by atoms with Crippen LogP contribution in [0.25, 0.3) is 54.9 Å². The summed E-state index contributed by atoms with van der Waals surface area (Å²) in [6.07, 6.45) is 0. The van der Waals surface area contributed by atoms with E-state index in [0.29, 0.717) is 0 Å². The van der Waals surface area contributed by atoms with Crippen LogP contribution in [0, 0.1) is 0 Å². The predicted molar refractivity (Wildman–Crippen MR) is 152 cm³/mol. The molecule has 0 aromatic heterocycles. The number of rotatable bonds is 2. The number of hydrogen-bond donors (Lipinski definition) is 1. The summed E-state index contributed by atoms with van der Waals surface area (Å²) >= 11 is 0. The second-order valence-electron chi connectivity index (χ2n) is 10.3. The van der Waals surface area contributed by atoms with Gasteiger partial charge in [0.2, 0.25) is 0 Å². The zero-order chi connectivity index (χ0) is 24.4. The highest BCUT2D eigenvalue weighted by atomic mass is 16.3. The predicted octanol–water partition coefficient (Wildman–Crippen LogP) is 9.34. The van der Waals surface area contributed by atoms with Crippen LogP contribution in [0.1, 0.15) is 25.0 Å². The molecule has 1 heteroatoms. The molecule has 0 spiro atoms. The summed E-state index contributed by atoms with van der Waals surface area (Å²) in [6, 6.07) is 40.8. The normalized spacial score (nSPS) is 13.6. The number of phenols is 1. The minimum atomic E-state index is -0.0421. The molecule has 0 saturated carbocycles. The first-order chi connectivity index (χ1) is 17.5. The molecule has 1 N–H and O–H groups in total. The molecule has 6 aromatic carbocycles. The second kappa shape index (κ2) is 7.57. The van der Waals surface area contributed by atoms with Crippen LogP contribution >= 0.6 is 0 Å². The van der Waals surface area contributed by atoms with Gasteiger partial charge < -0.3 is 5.11 Å². The van der Waals surface area contributed by atoms with Crippen LogP contribution in [-0.2, 0) is 5.41 Å². The Kier molecular flexibility index (Phi) is 4.41. The molecular weight excluding hydrogens is 436 g/mol. The van der Waals surface area contributed by atoms with E-state index in [9.17, 15) is 5.11 Å². The Morgan fingerprint density at radius 3 is 1.56 bits per heavy atom. The van der Waals surface area contributed by atoms with Gasteiger partial charge in [0.1, 0.15) is 5.75 Å². The van der Waals surface area contributed by atoms with Gasteiger partial charge in [-0.05, 0) is 84.3 Å². The SMILES string of the molecule is CC1(C)c2ccccc2-c2ccc(-c3c4ccccc4c(-c4ccc(O)cc4)c4ccccc34)cc21. The van der Waals surface area contributed by atoms with Crippen LogP contribution < -0.4 is 0 Å². The Balaban J connectivity index is 1.56. The molecule has 6 aromatic rings. The summed E-state index contributed by atoms with van der Waals surface area (Å²) < 4.78 is 0. The molecule has 0 saturated heterocycles. The lowest BCUT2D eigenvalue weighted by molar-refractivity contribution is 0.475. The van der Waals surface area contributed by atoms with Crippen LogP contribution in [0.3, 0.4) is 0 Å². The van der Waals surface area contributed by atoms with E-state index in [2.05, 4.69) is 105 Å². The van der Waals surface area contributed by atoms with Gasteiger partial charge in [-0.25, -0.2) is 0 Å². The van der Waals surface area contributed by atoms with Gasteiger partial charge in [-0.2, -0.15) is 0 Å². The van der Waals surface area contributed by atoms with Crippen molar-refractivity contribution < 1.29 is 5.11 Å². The van der Waals surface area contributed by atoms with E-state index >= 15 is 0 Å². The average molecular weight is 463 g/mol. The molecule has 0 unspecified atom stereocenters. The van der Waals surface area contributed by atoms with E-state index in [-0.39, 0.29) is 11.2 Å². The monoisotopic (exact) mass is 462 g/mol. The van der Waals surface area contributed by atoms with Crippen LogP contribution in [-0.4, -0.2) is 5.11 Å². The maximum Gasteiger partial charge on any atom is 0.115 e. The summed E-state index contributed by atoms with van der Waals surface area (Å²) in [5.41, 5.74) is 10.3. The Labute approximate surface area is 211 Å². The molecule has 0 heterocycles. The third-order valence-corrected chi connectivity index (χ3v) is 7.96. The van der Waals surface area contributed by atoms with E-state index in [1.807, 2.05) is 12.1 Å².